The van der Waals surface area contributed by atoms with Gasteiger partial charge in [0.1, 0.15) is 0 Å². The molecule has 1 aliphatic rings. The van der Waals surface area contributed by atoms with E-state index in [2.05, 4.69) is 15.5 Å². The first-order valence-corrected chi connectivity index (χ1v) is 8.51. The molecule has 8 heteroatoms. The molecule has 0 saturated carbocycles. The van der Waals surface area contributed by atoms with Crippen LogP contribution in [0.4, 0.5) is 0 Å². The molecule has 0 unspecified atom stereocenters. The summed E-state index contributed by atoms with van der Waals surface area (Å²) >= 11 is 0. The summed E-state index contributed by atoms with van der Waals surface area (Å²) in [6.45, 7) is 2.34. The van der Waals surface area contributed by atoms with Gasteiger partial charge in [-0.3, -0.25) is 0 Å². The first-order chi connectivity index (χ1) is 12.7. The predicted molar refractivity (Wildman–Crippen MR) is 95.0 cm³/mol. The Hall–Kier alpha value is -2.32. The third kappa shape index (κ3) is 3.34. The van der Waals surface area contributed by atoms with Crippen molar-refractivity contribution in [2.24, 2.45) is 0 Å². The summed E-state index contributed by atoms with van der Waals surface area (Å²) in [6, 6.07) is 3.61. The van der Waals surface area contributed by atoms with Crippen LogP contribution in [-0.2, 0) is 10.2 Å². The summed E-state index contributed by atoms with van der Waals surface area (Å²) in [4.78, 5) is 4.66. The monoisotopic (exact) mass is 363 g/mol. The third-order valence-electron chi connectivity index (χ3n) is 4.78. The van der Waals surface area contributed by atoms with Crippen LogP contribution in [0, 0.1) is 0 Å². The van der Waals surface area contributed by atoms with Gasteiger partial charge >= 0.3 is 0 Å². The van der Waals surface area contributed by atoms with Gasteiger partial charge in [-0.15, -0.1) is 0 Å². The normalized spacial score (nSPS) is 16.3. The number of aromatic nitrogens is 2. The molecule has 26 heavy (non-hydrogen) atoms. The summed E-state index contributed by atoms with van der Waals surface area (Å²) in [5.41, 5.74) is 0.474. The van der Waals surface area contributed by atoms with Gasteiger partial charge in [0.15, 0.2) is 11.5 Å². The van der Waals surface area contributed by atoms with Gasteiger partial charge in [-0.1, -0.05) is 5.16 Å². The second-order valence-electron chi connectivity index (χ2n) is 6.30. The number of methoxy groups -OCH3 is 4. The molecule has 2 aromatic rings. The maximum absolute atomic E-state index is 5.64. The van der Waals surface area contributed by atoms with Gasteiger partial charge in [0.25, 0.3) is 0 Å². The van der Waals surface area contributed by atoms with Gasteiger partial charge in [-0.25, -0.2) is 0 Å². The molecule has 1 saturated heterocycles. The van der Waals surface area contributed by atoms with Crippen molar-refractivity contribution in [3.63, 3.8) is 0 Å². The molecule has 0 atom stereocenters. The Morgan fingerprint density at radius 1 is 1.04 bits per heavy atom. The maximum atomic E-state index is 5.64. The average molecular weight is 363 g/mol. The van der Waals surface area contributed by atoms with Crippen molar-refractivity contribution in [3.05, 3.63) is 18.0 Å². The van der Waals surface area contributed by atoms with Crippen LogP contribution in [0.25, 0.3) is 11.4 Å². The zero-order valence-electron chi connectivity index (χ0n) is 15.6. The molecule has 0 amide bonds. The molecule has 1 aromatic carbocycles. The molecular formula is C18H25N3O5. The molecule has 0 spiro atoms. The lowest BCUT2D eigenvalue weighted by Gasteiger charge is -2.33. The molecule has 142 valence electrons. The van der Waals surface area contributed by atoms with E-state index in [1.807, 2.05) is 0 Å². The SMILES string of the molecule is COCC1(c2nc(-c3cc(OC)c(OC)c(OC)c3)no2)CCNCC1. The lowest BCUT2D eigenvalue weighted by Crippen LogP contribution is -2.43. The standard InChI is InChI=1S/C18H25N3O5/c1-22-11-18(5-7-19-8-6-18)17-20-16(21-26-17)12-9-13(23-2)15(25-4)14(10-12)24-3/h9-10,19H,5-8,11H2,1-4H3. The number of ether oxygens (including phenoxy) is 4. The zero-order valence-corrected chi connectivity index (χ0v) is 15.6. The fourth-order valence-electron chi connectivity index (χ4n) is 3.37. The lowest BCUT2D eigenvalue weighted by atomic mass is 9.79. The number of rotatable bonds is 7. The Morgan fingerprint density at radius 3 is 2.23 bits per heavy atom. The smallest absolute Gasteiger partial charge is 0.235 e. The average Bonchev–Trinajstić information content (AvgIpc) is 3.18. The van der Waals surface area contributed by atoms with Crippen molar-refractivity contribution < 1.29 is 23.5 Å². The lowest BCUT2D eigenvalue weighted by molar-refractivity contribution is 0.0850. The van der Waals surface area contributed by atoms with Crippen LogP contribution in [-0.4, -0.2) is 58.3 Å². The minimum absolute atomic E-state index is 0.258. The molecule has 0 radical (unpaired) electrons. The minimum Gasteiger partial charge on any atom is -0.493 e. The van der Waals surface area contributed by atoms with E-state index in [1.54, 1.807) is 40.6 Å². The number of nitrogens with zero attached hydrogens (tertiary/aromatic N) is 2. The Morgan fingerprint density at radius 2 is 1.69 bits per heavy atom. The van der Waals surface area contributed by atoms with E-state index < -0.39 is 0 Å². The van der Waals surface area contributed by atoms with Crippen molar-refractivity contribution in [1.29, 1.82) is 0 Å². The van der Waals surface area contributed by atoms with Crippen LogP contribution in [0.3, 0.4) is 0 Å². The first-order valence-electron chi connectivity index (χ1n) is 8.51. The van der Waals surface area contributed by atoms with Crippen LogP contribution < -0.4 is 19.5 Å². The molecule has 0 bridgehead atoms. The molecule has 1 aliphatic heterocycles. The number of hydrogen-bond donors (Lipinski definition) is 1. The second kappa shape index (κ2) is 7.92. The van der Waals surface area contributed by atoms with Gasteiger partial charge in [0.2, 0.25) is 17.5 Å². The van der Waals surface area contributed by atoms with Crippen molar-refractivity contribution in [1.82, 2.24) is 15.5 Å². The van der Waals surface area contributed by atoms with E-state index in [-0.39, 0.29) is 5.41 Å². The molecule has 0 aliphatic carbocycles. The molecule has 8 nitrogen and oxygen atoms in total. The highest BCUT2D eigenvalue weighted by molar-refractivity contribution is 5.66. The summed E-state index contributed by atoms with van der Waals surface area (Å²) in [6.07, 6.45) is 1.77. The quantitative estimate of drug-likeness (QED) is 0.799. The Balaban J connectivity index is 1.99. The van der Waals surface area contributed by atoms with E-state index >= 15 is 0 Å². The van der Waals surface area contributed by atoms with E-state index in [0.29, 0.717) is 35.6 Å². The molecule has 1 aromatic heterocycles. The highest BCUT2D eigenvalue weighted by atomic mass is 16.5. The van der Waals surface area contributed by atoms with E-state index in [0.717, 1.165) is 31.5 Å². The molecule has 1 N–H and O–H groups in total. The third-order valence-corrected chi connectivity index (χ3v) is 4.78. The highest BCUT2D eigenvalue weighted by Gasteiger charge is 2.39. The van der Waals surface area contributed by atoms with E-state index in [9.17, 15) is 0 Å². The Labute approximate surface area is 152 Å². The maximum Gasteiger partial charge on any atom is 0.235 e. The summed E-state index contributed by atoms with van der Waals surface area (Å²) < 4.78 is 27.2. The topological polar surface area (TPSA) is 87.9 Å². The zero-order chi connectivity index (χ0) is 18.6. The van der Waals surface area contributed by atoms with Crippen molar-refractivity contribution in [2.75, 3.05) is 48.1 Å². The van der Waals surface area contributed by atoms with Crippen LogP contribution >= 0.6 is 0 Å². The van der Waals surface area contributed by atoms with E-state index in [1.165, 1.54) is 0 Å². The Kier molecular flexibility index (Phi) is 5.63. The predicted octanol–water partition coefficient (Wildman–Crippen LogP) is 2.03. The van der Waals surface area contributed by atoms with Crippen LogP contribution in [0.15, 0.2) is 16.7 Å². The summed E-state index contributed by atoms with van der Waals surface area (Å²) in [5, 5.41) is 7.54. The first kappa shape index (κ1) is 18.5. The van der Waals surface area contributed by atoms with Gasteiger partial charge in [-0.2, -0.15) is 4.98 Å². The van der Waals surface area contributed by atoms with Crippen molar-refractivity contribution in [2.45, 2.75) is 18.3 Å². The van der Waals surface area contributed by atoms with Gasteiger partial charge in [-0.05, 0) is 38.1 Å². The van der Waals surface area contributed by atoms with Crippen LogP contribution in [0.2, 0.25) is 0 Å². The van der Waals surface area contributed by atoms with Crippen LogP contribution in [0.1, 0.15) is 18.7 Å². The van der Waals surface area contributed by atoms with Crippen LogP contribution in [0.5, 0.6) is 17.2 Å². The minimum atomic E-state index is -0.258. The number of benzene rings is 1. The fraction of sp³-hybridized carbons (Fsp3) is 0.556. The van der Waals surface area contributed by atoms with Gasteiger partial charge in [0, 0.05) is 12.7 Å². The number of nitrogens with one attached hydrogen (secondary N) is 1. The Bertz CT molecular complexity index is 710. The van der Waals surface area contributed by atoms with Crippen molar-refractivity contribution in [3.8, 4) is 28.6 Å². The van der Waals surface area contributed by atoms with Gasteiger partial charge < -0.3 is 28.8 Å². The highest BCUT2D eigenvalue weighted by Crippen LogP contribution is 2.41. The van der Waals surface area contributed by atoms with Crippen molar-refractivity contribution >= 4 is 0 Å². The fourth-order valence-corrected chi connectivity index (χ4v) is 3.37. The van der Waals surface area contributed by atoms with Gasteiger partial charge in [0.05, 0.1) is 33.4 Å². The molecule has 3 rings (SSSR count). The second-order valence-corrected chi connectivity index (χ2v) is 6.30. The van der Waals surface area contributed by atoms with E-state index in [4.69, 9.17) is 23.5 Å². The number of hydrogen-bond acceptors (Lipinski definition) is 8. The largest absolute Gasteiger partial charge is 0.493 e. The summed E-state index contributed by atoms with van der Waals surface area (Å²) in [7, 11) is 6.41. The molecular weight excluding hydrogens is 338 g/mol. The molecule has 1 fully saturated rings. The summed E-state index contributed by atoms with van der Waals surface area (Å²) in [5.74, 6) is 2.69. The number of piperidine rings is 1. The molecule has 2 heterocycles.